The van der Waals surface area contributed by atoms with E-state index in [2.05, 4.69) is 4.98 Å². The van der Waals surface area contributed by atoms with Crippen molar-refractivity contribution >= 4 is 18.2 Å². The Morgan fingerprint density at radius 3 is 2.91 bits per heavy atom. The average Bonchev–Trinajstić information content (AvgIpc) is 2.10. The monoisotopic (exact) mass is 172 g/mol. The Morgan fingerprint density at radius 2 is 2.55 bits per heavy atom. The Hall–Kier alpha value is -1.10. The van der Waals surface area contributed by atoms with Gasteiger partial charge >= 0.3 is 5.97 Å². The fourth-order valence-corrected chi connectivity index (χ4v) is 0.987. The molecule has 0 radical (unpaired) electrons. The van der Waals surface area contributed by atoms with Gasteiger partial charge in [0.1, 0.15) is 0 Å². The fourth-order valence-electron chi connectivity index (χ4n) is 0.803. The molecule has 0 amide bonds. The van der Waals surface area contributed by atoms with Crippen molar-refractivity contribution < 1.29 is 9.90 Å². The Morgan fingerprint density at radius 1 is 1.91 bits per heavy atom. The van der Waals surface area contributed by atoms with Crippen molar-refractivity contribution in [2.45, 2.75) is 6.42 Å². The van der Waals surface area contributed by atoms with Crippen LogP contribution in [0.2, 0.25) is 0 Å². The zero-order chi connectivity index (χ0) is 8.43. The molecule has 0 aliphatic carbocycles. The molecule has 0 aliphatic rings. The van der Waals surface area contributed by atoms with Crippen LogP contribution in [0.5, 0.6) is 0 Å². The molecule has 0 aromatic carbocycles. The first kappa shape index (κ1) is 8.00. The SMILES string of the molecule is Cn1cc(CC(=O)O)[nH]c1=S. The lowest BCUT2D eigenvalue weighted by atomic mass is 10.3. The van der Waals surface area contributed by atoms with Crippen molar-refractivity contribution in [1.82, 2.24) is 9.55 Å². The number of hydrogen-bond acceptors (Lipinski definition) is 2. The average molecular weight is 172 g/mol. The summed E-state index contributed by atoms with van der Waals surface area (Å²) in [5.41, 5.74) is 0.630. The second kappa shape index (κ2) is 2.87. The van der Waals surface area contributed by atoms with Crippen molar-refractivity contribution in [2.75, 3.05) is 0 Å². The van der Waals surface area contributed by atoms with Crippen LogP contribution in [-0.2, 0) is 18.3 Å². The van der Waals surface area contributed by atoms with Gasteiger partial charge in [-0.1, -0.05) is 0 Å². The molecule has 0 spiro atoms. The van der Waals surface area contributed by atoms with Crippen LogP contribution in [-0.4, -0.2) is 20.6 Å². The fraction of sp³-hybridized carbons (Fsp3) is 0.333. The standard InChI is InChI=1S/C6H8N2O2S/c1-8-3-4(2-5(9)10)7-6(8)11/h3H,2H2,1H3,(H,7,11)(H,9,10). The number of hydrogen-bond donors (Lipinski definition) is 2. The van der Waals surface area contributed by atoms with E-state index >= 15 is 0 Å². The van der Waals surface area contributed by atoms with Crippen LogP contribution in [0, 0.1) is 4.77 Å². The van der Waals surface area contributed by atoms with Crippen LogP contribution >= 0.6 is 12.2 Å². The lowest BCUT2D eigenvalue weighted by Gasteiger charge is -1.86. The highest BCUT2D eigenvalue weighted by Gasteiger charge is 2.01. The van der Waals surface area contributed by atoms with Gasteiger partial charge in [-0.2, -0.15) is 0 Å². The zero-order valence-electron chi connectivity index (χ0n) is 6.00. The number of carboxylic acid groups (broad SMARTS) is 1. The maximum Gasteiger partial charge on any atom is 0.309 e. The summed E-state index contributed by atoms with van der Waals surface area (Å²) in [6.07, 6.45) is 1.67. The zero-order valence-corrected chi connectivity index (χ0v) is 6.81. The first-order chi connectivity index (χ1) is 5.09. The highest BCUT2D eigenvalue weighted by molar-refractivity contribution is 7.71. The topological polar surface area (TPSA) is 58.0 Å². The number of aliphatic carboxylic acids is 1. The molecule has 1 rings (SSSR count). The number of aromatic nitrogens is 2. The van der Waals surface area contributed by atoms with Crippen molar-refractivity contribution in [1.29, 1.82) is 0 Å². The summed E-state index contributed by atoms with van der Waals surface area (Å²) in [5.74, 6) is -0.859. The minimum absolute atomic E-state index is 0.00944. The summed E-state index contributed by atoms with van der Waals surface area (Å²) in [6, 6.07) is 0. The first-order valence-corrected chi connectivity index (χ1v) is 3.46. The number of aryl methyl sites for hydroxylation is 1. The molecule has 60 valence electrons. The maximum absolute atomic E-state index is 10.2. The molecule has 5 heteroatoms. The lowest BCUT2D eigenvalue weighted by molar-refractivity contribution is -0.136. The number of imidazole rings is 1. The number of carbonyl (C=O) groups is 1. The summed E-state index contributed by atoms with van der Waals surface area (Å²) in [6.45, 7) is 0. The Bertz CT molecular complexity index is 326. The van der Waals surface area contributed by atoms with Crippen molar-refractivity contribution in [2.24, 2.45) is 7.05 Å². The molecule has 1 aromatic rings. The van der Waals surface area contributed by atoms with Gasteiger partial charge in [-0.3, -0.25) is 4.79 Å². The summed E-state index contributed by atoms with van der Waals surface area (Å²) in [7, 11) is 1.77. The molecule has 0 unspecified atom stereocenters. The van der Waals surface area contributed by atoms with Gasteiger partial charge < -0.3 is 14.7 Å². The van der Waals surface area contributed by atoms with Gasteiger partial charge in [-0.25, -0.2) is 0 Å². The number of H-pyrrole nitrogens is 1. The third-order valence-electron chi connectivity index (χ3n) is 1.28. The molecule has 1 aromatic heterocycles. The van der Waals surface area contributed by atoms with E-state index in [1.54, 1.807) is 17.8 Å². The number of carboxylic acids is 1. The normalized spacial score (nSPS) is 9.91. The van der Waals surface area contributed by atoms with Crippen LogP contribution in [0.3, 0.4) is 0 Å². The van der Waals surface area contributed by atoms with Crippen LogP contribution < -0.4 is 0 Å². The maximum atomic E-state index is 10.2. The van der Waals surface area contributed by atoms with E-state index in [4.69, 9.17) is 17.3 Å². The first-order valence-electron chi connectivity index (χ1n) is 3.06. The number of aromatic amines is 1. The summed E-state index contributed by atoms with van der Waals surface area (Å²) >= 11 is 4.84. The van der Waals surface area contributed by atoms with Gasteiger partial charge in [0.15, 0.2) is 4.77 Å². The Kier molecular flexibility index (Phi) is 2.09. The van der Waals surface area contributed by atoms with Gasteiger partial charge in [0.25, 0.3) is 0 Å². The molecule has 1 heterocycles. The highest BCUT2D eigenvalue weighted by atomic mass is 32.1. The van der Waals surface area contributed by atoms with Crippen LogP contribution in [0.15, 0.2) is 6.20 Å². The summed E-state index contributed by atoms with van der Waals surface area (Å²) in [5, 5.41) is 8.40. The van der Waals surface area contributed by atoms with E-state index in [1.807, 2.05) is 0 Å². The molecule has 0 saturated heterocycles. The third-order valence-corrected chi connectivity index (χ3v) is 1.67. The Labute approximate surface area is 68.5 Å². The van der Waals surface area contributed by atoms with E-state index < -0.39 is 5.97 Å². The summed E-state index contributed by atoms with van der Waals surface area (Å²) in [4.78, 5) is 13.0. The molecular formula is C6H8N2O2S. The number of nitrogens with one attached hydrogen (secondary N) is 1. The van der Waals surface area contributed by atoms with E-state index in [-0.39, 0.29) is 6.42 Å². The molecular weight excluding hydrogens is 164 g/mol. The van der Waals surface area contributed by atoms with Crippen LogP contribution in [0.4, 0.5) is 0 Å². The second-order valence-corrected chi connectivity index (χ2v) is 2.65. The van der Waals surface area contributed by atoms with Crippen LogP contribution in [0.25, 0.3) is 0 Å². The number of nitrogens with zero attached hydrogens (tertiary/aromatic N) is 1. The van der Waals surface area contributed by atoms with E-state index in [0.29, 0.717) is 10.5 Å². The molecule has 2 N–H and O–H groups in total. The minimum Gasteiger partial charge on any atom is -0.481 e. The highest BCUT2D eigenvalue weighted by Crippen LogP contribution is 1.97. The lowest BCUT2D eigenvalue weighted by Crippen LogP contribution is -1.99. The molecule has 4 nitrogen and oxygen atoms in total. The number of rotatable bonds is 2. The molecule has 0 bridgehead atoms. The second-order valence-electron chi connectivity index (χ2n) is 2.27. The molecule has 0 fully saturated rings. The quantitative estimate of drug-likeness (QED) is 0.646. The van der Waals surface area contributed by atoms with Crippen LogP contribution in [0.1, 0.15) is 5.69 Å². The van der Waals surface area contributed by atoms with E-state index in [0.717, 1.165) is 0 Å². The molecule has 0 atom stereocenters. The Balaban J connectivity index is 2.89. The van der Waals surface area contributed by atoms with E-state index in [1.165, 1.54) is 0 Å². The van der Waals surface area contributed by atoms with Crippen molar-refractivity contribution in [3.63, 3.8) is 0 Å². The van der Waals surface area contributed by atoms with Gasteiger partial charge in [0, 0.05) is 18.9 Å². The summed E-state index contributed by atoms with van der Waals surface area (Å²) < 4.78 is 2.22. The minimum atomic E-state index is -0.859. The predicted molar refractivity (Wildman–Crippen MR) is 41.9 cm³/mol. The van der Waals surface area contributed by atoms with Gasteiger partial charge in [-0.15, -0.1) is 0 Å². The third kappa shape index (κ3) is 1.91. The predicted octanol–water partition coefficient (Wildman–Crippen LogP) is 0.710. The largest absolute Gasteiger partial charge is 0.481 e. The smallest absolute Gasteiger partial charge is 0.309 e. The molecule has 0 saturated carbocycles. The van der Waals surface area contributed by atoms with Gasteiger partial charge in [0.2, 0.25) is 0 Å². The molecule has 11 heavy (non-hydrogen) atoms. The van der Waals surface area contributed by atoms with E-state index in [9.17, 15) is 4.79 Å². The van der Waals surface area contributed by atoms with Gasteiger partial charge in [0.05, 0.1) is 6.42 Å². The van der Waals surface area contributed by atoms with Crippen molar-refractivity contribution in [3.05, 3.63) is 16.7 Å². The van der Waals surface area contributed by atoms with Crippen molar-refractivity contribution in [3.8, 4) is 0 Å². The molecule has 0 aliphatic heterocycles. The van der Waals surface area contributed by atoms with Gasteiger partial charge in [-0.05, 0) is 12.2 Å².